The zero-order valence-corrected chi connectivity index (χ0v) is 11.4. The molecule has 0 N–H and O–H groups in total. The maximum atomic E-state index is 4.10. The Morgan fingerprint density at radius 1 is 1.12 bits per heavy atom. The Labute approximate surface area is 111 Å². The molecular weight excluding hydrogens is 307 g/mol. The largest absolute Gasteiger partial charge is 0.0958 e. The molecule has 0 unspecified atom stereocenters. The fourth-order valence-electron chi connectivity index (χ4n) is 1.86. The van der Waals surface area contributed by atoms with Gasteiger partial charge in [-0.15, -0.1) is 0 Å². The summed E-state index contributed by atoms with van der Waals surface area (Å²) in [5.74, 6) is 0. The lowest BCUT2D eigenvalue weighted by Gasteiger charge is -2.09. The molecule has 1 aromatic carbocycles. The SMILES string of the molecule is C=C1/C=C(/I)c2ccccc2C/C=C\CC1. The fraction of sp³-hybridized carbons (Fsp3) is 0.200. The summed E-state index contributed by atoms with van der Waals surface area (Å²) in [7, 11) is 0. The first-order valence-corrected chi connectivity index (χ1v) is 6.63. The number of halogens is 1. The van der Waals surface area contributed by atoms with Gasteiger partial charge in [-0.2, -0.15) is 0 Å². The number of benzene rings is 1. The predicted octanol–water partition coefficient (Wildman–Crippen LogP) is 4.91. The molecule has 1 heteroatoms. The molecule has 0 atom stereocenters. The third-order valence-corrected chi connectivity index (χ3v) is 3.63. The van der Waals surface area contributed by atoms with Crippen molar-refractivity contribution in [1.29, 1.82) is 0 Å². The van der Waals surface area contributed by atoms with Crippen molar-refractivity contribution in [1.82, 2.24) is 0 Å². The summed E-state index contributed by atoms with van der Waals surface area (Å²) in [6.07, 6.45) is 9.92. The molecular formula is C15H15I. The van der Waals surface area contributed by atoms with Crippen molar-refractivity contribution in [2.75, 3.05) is 0 Å². The molecule has 0 fully saturated rings. The molecule has 0 amide bonds. The van der Waals surface area contributed by atoms with Crippen molar-refractivity contribution in [3.63, 3.8) is 0 Å². The normalized spacial score (nSPS) is 21.8. The van der Waals surface area contributed by atoms with Gasteiger partial charge in [-0.3, -0.25) is 0 Å². The Bertz CT molecular complexity index is 452. The molecule has 0 nitrogen and oxygen atoms in total. The molecule has 2 rings (SSSR count). The minimum absolute atomic E-state index is 1.03. The Hall–Kier alpha value is -0.830. The van der Waals surface area contributed by atoms with Gasteiger partial charge < -0.3 is 0 Å². The summed E-state index contributed by atoms with van der Waals surface area (Å²) in [5.41, 5.74) is 3.95. The molecule has 0 aliphatic heterocycles. The van der Waals surface area contributed by atoms with Crippen LogP contribution in [-0.2, 0) is 6.42 Å². The van der Waals surface area contributed by atoms with Gasteiger partial charge >= 0.3 is 0 Å². The van der Waals surface area contributed by atoms with Crippen molar-refractivity contribution in [3.8, 4) is 0 Å². The zero-order chi connectivity index (χ0) is 11.4. The van der Waals surface area contributed by atoms with Crippen molar-refractivity contribution in [2.24, 2.45) is 0 Å². The lowest BCUT2D eigenvalue weighted by Crippen LogP contribution is -1.91. The summed E-state index contributed by atoms with van der Waals surface area (Å²) in [5, 5.41) is 0. The molecule has 0 spiro atoms. The zero-order valence-electron chi connectivity index (χ0n) is 9.25. The second-order valence-corrected chi connectivity index (χ2v) is 5.18. The first-order valence-electron chi connectivity index (χ1n) is 5.55. The maximum Gasteiger partial charge on any atom is 0.0208 e. The van der Waals surface area contributed by atoms with Crippen LogP contribution in [0.25, 0.3) is 3.58 Å². The molecule has 82 valence electrons. The number of hydrogen-bond acceptors (Lipinski definition) is 0. The van der Waals surface area contributed by atoms with Crippen LogP contribution >= 0.6 is 22.6 Å². The highest BCUT2D eigenvalue weighted by Crippen LogP contribution is 2.28. The van der Waals surface area contributed by atoms with E-state index in [1.807, 2.05) is 0 Å². The molecule has 0 saturated carbocycles. The van der Waals surface area contributed by atoms with E-state index in [4.69, 9.17) is 0 Å². The van der Waals surface area contributed by atoms with E-state index < -0.39 is 0 Å². The summed E-state index contributed by atoms with van der Waals surface area (Å²) in [4.78, 5) is 0. The Morgan fingerprint density at radius 3 is 2.81 bits per heavy atom. The molecule has 1 aliphatic rings. The van der Waals surface area contributed by atoms with Crippen LogP contribution in [0.1, 0.15) is 24.0 Å². The van der Waals surface area contributed by atoms with Crippen molar-refractivity contribution in [3.05, 3.63) is 65.8 Å². The van der Waals surface area contributed by atoms with Crippen LogP contribution in [-0.4, -0.2) is 0 Å². The smallest absolute Gasteiger partial charge is 0.0208 e. The van der Waals surface area contributed by atoms with Crippen molar-refractivity contribution >= 4 is 26.2 Å². The van der Waals surface area contributed by atoms with Crippen molar-refractivity contribution in [2.45, 2.75) is 19.3 Å². The molecule has 0 bridgehead atoms. The van der Waals surface area contributed by atoms with E-state index in [2.05, 4.69) is 71.7 Å². The number of rotatable bonds is 0. The molecule has 1 aliphatic carbocycles. The van der Waals surface area contributed by atoms with E-state index in [1.54, 1.807) is 0 Å². The Morgan fingerprint density at radius 2 is 1.94 bits per heavy atom. The molecule has 0 radical (unpaired) electrons. The minimum Gasteiger partial charge on any atom is -0.0958 e. The van der Waals surface area contributed by atoms with E-state index >= 15 is 0 Å². The van der Waals surface area contributed by atoms with Crippen LogP contribution in [0.2, 0.25) is 0 Å². The van der Waals surface area contributed by atoms with Crippen LogP contribution in [0, 0.1) is 0 Å². The first kappa shape index (κ1) is 11.6. The monoisotopic (exact) mass is 322 g/mol. The van der Waals surface area contributed by atoms with Crippen LogP contribution in [0.4, 0.5) is 0 Å². The average molecular weight is 322 g/mol. The number of allylic oxidation sites excluding steroid dienone is 4. The van der Waals surface area contributed by atoms with Gasteiger partial charge in [-0.05, 0) is 59.1 Å². The summed E-state index contributed by atoms with van der Waals surface area (Å²) in [6, 6.07) is 8.60. The first-order chi connectivity index (χ1) is 7.77. The third-order valence-electron chi connectivity index (χ3n) is 2.74. The van der Waals surface area contributed by atoms with Gasteiger partial charge in [0.15, 0.2) is 0 Å². The van der Waals surface area contributed by atoms with Gasteiger partial charge in [0, 0.05) is 3.58 Å². The summed E-state index contributed by atoms with van der Waals surface area (Å²) in [6.45, 7) is 4.10. The van der Waals surface area contributed by atoms with Gasteiger partial charge in [-0.1, -0.05) is 48.6 Å². The van der Waals surface area contributed by atoms with Gasteiger partial charge in [-0.25, -0.2) is 0 Å². The van der Waals surface area contributed by atoms with E-state index in [-0.39, 0.29) is 0 Å². The second-order valence-electron chi connectivity index (χ2n) is 4.02. The lowest BCUT2D eigenvalue weighted by atomic mass is 10.0. The maximum absolute atomic E-state index is 4.10. The van der Waals surface area contributed by atoms with E-state index in [0.717, 1.165) is 19.3 Å². The Balaban J connectivity index is 2.45. The van der Waals surface area contributed by atoms with E-state index in [9.17, 15) is 0 Å². The van der Waals surface area contributed by atoms with Crippen LogP contribution in [0.3, 0.4) is 0 Å². The lowest BCUT2D eigenvalue weighted by molar-refractivity contribution is 1.00. The average Bonchev–Trinajstić information content (AvgIpc) is 2.28. The third kappa shape index (κ3) is 2.85. The predicted molar refractivity (Wildman–Crippen MR) is 79.7 cm³/mol. The van der Waals surface area contributed by atoms with Gasteiger partial charge in [0.05, 0.1) is 0 Å². The van der Waals surface area contributed by atoms with Gasteiger partial charge in [0.25, 0.3) is 0 Å². The summed E-state index contributed by atoms with van der Waals surface area (Å²) < 4.78 is 1.30. The summed E-state index contributed by atoms with van der Waals surface area (Å²) >= 11 is 2.41. The molecule has 0 aromatic heterocycles. The molecule has 16 heavy (non-hydrogen) atoms. The van der Waals surface area contributed by atoms with E-state index in [1.165, 1.54) is 20.3 Å². The fourth-order valence-corrected chi connectivity index (χ4v) is 2.82. The van der Waals surface area contributed by atoms with Crippen LogP contribution < -0.4 is 0 Å². The highest BCUT2D eigenvalue weighted by atomic mass is 127. The minimum atomic E-state index is 1.03. The Kier molecular flexibility index (Phi) is 3.99. The second kappa shape index (κ2) is 5.48. The quantitative estimate of drug-likeness (QED) is 0.470. The number of fused-ring (bicyclic) bond motifs is 1. The number of hydrogen-bond donors (Lipinski definition) is 0. The van der Waals surface area contributed by atoms with Crippen molar-refractivity contribution < 1.29 is 0 Å². The van der Waals surface area contributed by atoms with Gasteiger partial charge in [0.2, 0.25) is 0 Å². The van der Waals surface area contributed by atoms with Crippen LogP contribution in [0.5, 0.6) is 0 Å². The molecule has 1 aromatic rings. The van der Waals surface area contributed by atoms with Crippen LogP contribution in [0.15, 0.2) is 54.6 Å². The van der Waals surface area contributed by atoms with Gasteiger partial charge in [0.1, 0.15) is 0 Å². The molecule has 0 heterocycles. The highest BCUT2D eigenvalue weighted by molar-refractivity contribution is 14.1. The standard InChI is InChI=1S/C15H15I/c1-12-7-3-2-4-8-13-9-5-6-10-14(13)15(16)11-12/h2,4-6,9-11H,1,3,7-8H2/b4-2-,15-11+. The topological polar surface area (TPSA) is 0 Å². The highest BCUT2D eigenvalue weighted by Gasteiger charge is 2.05. The van der Waals surface area contributed by atoms with E-state index in [0.29, 0.717) is 0 Å². The molecule has 0 saturated heterocycles.